The van der Waals surface area contributed by atoms with Gasteiger partial charge in [-0.2, -0.15) is 0 Å². The summed E-state index contributed by atoms with van der Waals surface area (Å²) in [5, 5.41) is 13.1. The lowest BCUT2D eigenvalue weighted by Crippen LogP contribution is -2.30. The highest BCUT2D eigenvalue weighted by molar-refractivity contribution is 6.34. The third kappa shape index (κ3) is 2.69. The van der Waals surface area contributed by atoms with E-state index in [1.807, 2.05) is 0 Å². The van der Waals surface area contributed by atoms with Crippen LogP contribution in [0.25, 0.3) is 0 Å². The number of fused-ring (bicyclic) bond motifs is 2. The number of hydrogen-bond donors (Lipinski definition) is 3. The molecule has 0 heterocycles. The third-order valence-corrected chi connectivity index (χ3v) is 5.45. The van der Waals surface area contributed by atoms with Crippen LogP contribution in [0, 0.1) is 17.8 Å². The molecule has 1 aromatic carbocycles. The second-order valence-electron chi connectivity index (χ2n) is 6.50. The Morgan fingerprint density at radius 1 is 1.43 bits per heavy atom. The van der Waals surface area contributed by atoms with Crippen molar-refractivity contribution in [3.8, 4) is 0 Å². The fourth-order valence-electron chi connectivity index (χ4n) is 4.18. The van der Waals surface area contributed by atoms with Gasteiger partial charge in [0.05, 0.1) is 16.3 Å². The number of carboxylic acids is 1. The molecule has 21 heavy (non-hydrogen) atoms. The van der Waals surface area contributed by atoms with E-state index >= 15 is 0 Å². The number of hydrogen-bond acceptors (Lipinski definition) is 3. The zero-order valence-corrected chi connectivity index (χ0v) is 12.9. The molecule has 4 N–H and O–H groups in total. The molecule has 1 aromatic rings. The Kier molecular flexibility index (Phi) is 3.74. The van der Waals surface area contributed by atoms with Gasteiger partial charge in [0.2, 0.25) is 0 Å². The number of nitrogen functional groups attached to an aromatic ring is 1. The Bertz CT molecular complexity index is 576. The van der Waals surface area contributed by atoms with Gasteiger partial charge in [-0.15, -0.1) is 0 Å². The van der Waals surface area contributed by atoms with Gasteiger partial charge in [0.15, 0.2) is 0 Å². The number of carboxylic acid groups (broad SMARTS) is 1. The number of anilines is 2. The molecule has 114 valence electrons. The Labute approximate surface area is 129 Å². The van der Waals surface area contributed by atoms with Crippen molar-refractivity contribution in [3.05, 3.63) is 22.7 Å². The van der Waals surface area contributed by atoms with E-state index < -0.39 is 5.97 Å². The van der Waals surface area contributed by atoms with Crippen LogP contribution in [0.4, 0.5) is 11.4 Å². The summed E-state index contributed by atoms with van der Waals surface area (Å²) in [6.07, 6.45) is 5.24. The monoisotopic (exact) mass is 308 g/mol. The summed E-state index contributed by atoms with van der Waals surface area (Å²) in [5.74, 6) is 1.24. The standard InChI is InChI=1S/C16H21ClN2O2/c1-8(12-5-9-2-3-10(12)4-9)19-15-13(16(20)21)6-11(18)7-14(15)17/h6-10,12,19H,2-5,18H2,1H3,(H,20,21). The van der Waals surface area contributed by atoms with Crippen molar-refractivity contribution in [2.24, 2.45) is 17.8 Å². The van der Waals surface area contributed by atoms with Crippen LogP contribution in [-0.2, 0) is 0 Å². The molecule has 0 amide bonds. The summed E-state index contributed by atoms with van der Waals surface area (Å²) in [7, 11) is 0. The Hall–Kier alpha value is -1.42. The van der Waals surface area contributed by atoms with Gasteiger partial charge in [-0.25, -0.2) is 4.79 Å². The first-order valence-electron chi connectivity index (χ1n) is 7.54. The summed E-state index contributed by atoms with van der Waals surface area (Å²) in [5.41, 5.74) is 6.71. The average Bonchev–Trinajstić information content (AvgIpc) is 3.03. The Morgan fingerprint density at radius 2 is 2.19 bits per heavy atom. The zero-order valence-electron chi connectivity index (χ0n) is 12.1. The quantitative estimate of drug-likeness (QED) is 0.738. The number of nitrogens with one attached hydrogen (secondary N) is 1. The topological polar surface area (TPSA) is 75.3 Å². The minimum Gasteiger partial charge on any atom is -0.478 e. The van der Waals surface area contributed by atoms with Crippen LogP contribution >= 0.6 is 11.6 Å². The third-order valence-electron chi connectivity index (χ3n) is 5.15. The number of nitrogens with two attached hydrogens (primary N) is 1. The first-order valence-corrected chi connectivity index (χ1v) is 7.92. The van der Waals surface area contributed by atoms with Crippen LogP contribution in [-0.4, -0.2) is 17.1 Å². The molecule has 0 saturated heterocycles. The molecule has 0 aliphatic heterocycles. The molecular formula is C16H21ClN2O2. The van der Waals surface area contributed by atoms with Crippen molar-refractivity contribution in [2.45, 2.75) is 38.6 Å². The van der Waals surface area contributed by atoms with E-state index in [1.54, 1.807) is 6.07 Å². The van der Waals surface area contributed by atoms with Crippen molar-refractivity contribution in [1.82, 2.24) is 0 Å². The van der Waals surface area contributed by atoms with Gasteiger partial charge in [-0.05, 0) is 56.1 Å². The van der Waals surface area contributed by atoms with Gasteiger partial charge < -0.3 is 16.2 Å². The van der Waals surface area contributed by atoms with Gasteiger partial charge in [0.25, 0.3) is 0 Å². The molecule has 2 aliphatic rings. The first-order chi connectivity index (χ1) is 9.95. The van der Waals surface area contributed by atoms with E-state index in [1.165, 1.54) is 31.7 Å². The minimum absolute atomic E-state index is 0.148. The predicted octanol–water partition coefficient (Wildman–Crippen LogP) is 3.86. The summed E-state index contributed by atoms with van der Waals surface area (Å²) in [6, 6.07) is 3.29. The average molecular weight is 309 g/mol. The molecular weight excluding hydrogens is 288 g/mol. The van der Waals surface area contributed by atoms with Crippen LogP contribution in [0.5, 0.6) is 0 Å². The number of rotatable bonds is 4. The van der Waals surface area contributed by atoms with E-state index in [-0.39, 0.29) is 11.6 Å². The van der Waals surface area contributed by atoms with Crippen LogP contribution in [0.3, 0.4) is 0 Å². The molecule has 2 aliphatic carbocycles. The number of carbonyl (C=O) groups is 1. The van der Waals surface area contributed by atoms with Crippen LogP contribution < -0.4 is 11.1 Å². The lowest BCUT2D eigenvalue weighted by atomic mass is 9.84. The Morgan fingerprint density at radius 3 is 2.76 bits per heavy atom. The van der Waals surface area contributed by atoms with Crippen LogP contribution in [0.1, 0.15) is 43.0 Å². The molecule has 4 unspecified atom stereocenters. The highest BCUT2D eigenvalue weighted by Gasteiger charge is 2.42. The Balaban J connectivity index is 1.82. The highest BCUT2D eigenvalue weighted by atomic mass is 35.5. The summed E-state index contributed by atoms with van der Waals surface area (Å²) < 4.78 is 0. The van der Waals surface area contributed by atoms with E-state index in [9.17, 15) is 9.90 Å². The predicted molar refractivity (Wildman–Crippen MR) is 84.8 cm³/mol. The van der Waals surface area contributed by atoms with Crippen molar-refractivity contribution in [2.75, 3.05) is 11.1 Å². The van der Waals surface area contributed by atoms with Gasteiger partial charge in [0.1, 0.15) is 0 Å². The molecule has 2 fully saturated rings. The van der Waals surface area contributed by atoms with Gasteiger partial charge in [-0.1, -0.05) is 18.0 Å². The number of aromatic carboxylic acids is 1. The molecule has 4 atom stereocenters. The molecule has 0 aromatic heterocycles. The SMILES string of the molecule is CC(Nc1c(Cl)cc(N)cc1C(=O)O)C1CC2CCC1C2. The molecule has 0 spiro atoms. The van der Waals surface area contributed by atoms with E-state index in [2.05, 4.69) is 12.2 Å². The largest absolute Gasteiger partial charge is 0.478 e. The number of benzene rings is 1. The van der Waals surface area contributed by atoms with E-state index in [4.69, 9.17) is 17.3 Å². The maximum atomic E-state index is 11.4. The molecule has 0 radical (unpaired) electrons. The van der Waals surface area contributed by atoms with Gasteiger partial charge in [0, 0.05) is 11.7 Å². The first kappa shape index (κ1) is 14.5. The van der Waals surface area contributed by atoms with Crippen molar-refractivity contribution < 1.29 is 9.90 Å². The van der Waals surface area contributed by atoms with Gasteiger partial charge >= 0.3 is 5.97 Å². The van der Waals surface area contributed by atoms with Crippen molar-refractivity contribution >= 4 is 28.9 Å². The smallest absolute Gasteiger partial charge is 0.337 e. The fourth-order valence-corrected chi connectivity index (χ4v) is 4.47. The molecule has 3 rings (SSSR count). The lowest BCUT2D eigenvalue weighted by Gasteiger charge is -2.30. The normalized spacial score (nSPS) is 28.6. The molecule has 2 bridgehead atoms. The second-order valence-corrected chi connectivity index (χ2v) is 6.91. The molecule has 4 nitrogen and oxygen atoms in total. The summed E-state index contributed by atoms with van der Waals surface area (Å²) in [6.45, 7) is 2.13. The molecule has 2 saturated carbocycles. The van der Waals surface area contributed by atoms with Gasteiger partial charge in [-0.3, -0.25) is 0 Å². The summed E-state index contributed by atoms with van der Waals surface area (Å²) in [4.78, 5) is 11.4. The van der Waals surface area contributed by atoms with E-state index in [0.717, 1.165) is 11.8 Å². The van der Waals surface area contributed by atoms with Crippen molar-refractivity contribution in [1.29, 1.82) is 0 Å². The second kappa shape index (κ2) is 5.41. The van der Waals surface area contributed by atoms with Crippen LogP contribution in [0.15, 0.2) is 12.1 Å². The maximum Gasteiger partial charge on any atom is 0.337 e. The zero-order chi connectivity index (χ0) is 15.1. The maximum absolute atomic E-state index is 11.4. The summed E-state index contributed by atoms with van der Waals surface area (Å²) >= 11 is 6.20. The number of halogens is 1. The molecule has 5 heteroatoms. The lowest BCUT2D eigenvalue weighted by molar-refractivity contribution is 0.0698. The highest BCUT2D eigenvalue weighted by Crippen LogP contribution is 2.50. The minimum atomic E-state index is -1.01. The van der Waals surface area contributed by atoms with Crippen LogP contribution in [0.2, 0.25) is 5.02 Å². The fraction of sp³-hybridized carbons (Fsp3) is 0.562. The van der Waals surface area contributed by atoms with Crippen molar-refractivity contribution in [3.63, 3.8) is 0 Å². The van der Waals surface area contributed by atoms with E-state index in [0.29, 0.717) is 22.3 Å².